The van der Waals surface area contributed by atoms with Crippen LogP contribution in [0.25, 0.3) is 0 Å². The molecule has 114 valence electrons. The van der Waals surface area contributed by atoms with Gasteiger partial charge in [-0.2, -0.15) is 0 Å². The number of aromatic nitrogens is 1. The third kappa shape index (κ3) is 3.82. The molecule has 2 rings (SSSR count). The van der Waals surface area contributed by atoms with Gasteiger partial charge in [-0.05, 0) is 49.2 Å². The first-order valence-corrected chi connectivity index (χ1v) is 6.85. The fourth-order valence-corrected chi connectivity index (χ4v) is 2.06. The molecule has 0 aliphatic carbocycles. The lowest BCUT2D eigenvalue weighted by atomic mass is 10.1. The van der Waals surface area contributed by atoms with Crippen molar-refractivity contribution in [3.63, 3.8) is 0 Å². The number of nitrogens with two attached hydrogens (primary N) is 1. The minimum absolute atomic E-state index is 0.163. The van der Waals surface area contributed by atoms with Crippen LogP contribution in [0.2, 0.25) is 0 Å². The summed E-state index contributed by atoms with van der Waals surface area (Å²) in [4.78, 5) is 27.3. The van der Waals surface area contributed by atoms with Gasteiger partial charge in [0, 0.05) is 23.6 Å². The third-order valence-corrected chi connectivity index (χ3v) is 3.31. The number of primary amides is 1. The zero-order valence-electron chi connectivity index (χ0n) is 12.5. The highest BCUT2D eigenvalue weighted by Crippen LogP contribution is 2.16. The number of amides is 3. The van der Waals surface area contributed by atoms with Crippen LogP contribution in [-0.4, -0.2) is 16.9 Å². The molecule has 1 heterocycles. The second-order valence-corrected chi connectivity index (χ2v) is 4.99. The third-order valence-electron chi connectivity index (χ3n) is 3.31. The summed E-state index contributed by atoms with van der Waals surface area (Å²) < 4.78 is 0. The topological polar surface area (TPSA) is 97.1 Å². The van der Waals surface area contributed by atoms with Gasteiger partial charge in [-0.1, -0.05) is 6.07 Å². The lowest BCUT2D eigenvalue weighted by Crippen LogP contribution is -2.31. The van der Waals surface area contributed by atoms with E-state index in [9.17, 15) is 9.59 Å². The van der Waals surface area contributed by atoms with Crippen LogP contribution in [0.15, 0.2) is 42.7 Å². The Labute approximate surface area is 128 Å². The van der Waals surface area contributed by atoms with E-state index in [2.05, 4.69) is 15.6 Å². The van der Waals surface area contributed by atoms with E-state index >= 15 is 0 Å². The first-order chi connectivity index (χ1) is 10.5. The van der Waals surface area contributed by atoms with Crippen molar-refractivity contribution in [1.82, 2.24) is 10.3 Å². The van der Waals surface area contributed by atoms with Crippen molar-refractivity contribution < 1.29 is 9.59 Å². The van der Waals surface area contributed by atoms with E-state index in [4.69, 9.17) is 5.73 Å². The number of hydrogen-bond acceptors (Lipinski definition) is 3. The Kier molecular flexibility index (Phi) is 4.73. The lowest BCUT2D eigenvalue weighted by Gasteiger charge is -2.15. The Morgan fingerprint density at radius 1 is 1.18 bits per heavy atom. The van der Waals surface area contributed by atoms with Crippen molar-refractivity contribution in [2.24, 2.45) is 5.73 Å². The van der Waals surface area contributed by atoms with Crippen LogP contribution >= 0.6 is 0 Å². The Morgan fingerprint density at radius 3 is 2.50 bits per heavy atom. The molecule has 0 spiro atoms. The van der Waals surface area contributed by atoms with E-state index in [0.29, 0.717) is 11.3 Å². The highest BCUT2D eigenvalue weighted by atomic mass is 16.2. The highest BCUT2D eigenvalue weighted by Gasteiger charge is 2.11. The average molecular weight is 298 g/mol. The fraction of sp³-hybridized carbons (Fsp3) is 0.188. The van der Waals surface area contributed by atoms with Crippen LogP contribution in [0.4, 0.5) is 10.5 Å². The zero-order chi connectivity index (χ0) is 16.1. The van der Waals surface area contributed by atoms with E-state index in [-0.39, 0.29) is 12.1 Å². The quantitative estimate of drug-likeness (QED) is 0.808. The molecule has 3 amide bonds. The Hall–Kier alpha value is -2.89. The maximum atomic E-state index is 12.0. The monoisotopic (exact) mass is 298 g/mol. The zero-order valence-corrected chi connectivity index (χ0v) is 12.5. The molecular weight excluding hydrogens is 280 g/mol. The Morgan fingerprint density at radius 2 is 1.86 bits per heavy atom. The predicted octanol–water partition coefficient (Wildman–Crippen LogP) is 2.37. The van der Waals surface area contributed by atoms with Crippen molar-refractivity contribution >= 4 is 17.6 Å². The van der Waals surface area contributed by atoms with Gasteiger partial charge in [0.2, 0.25) is 5.91 Å². The summed E-state index contributed by atoms with van der Waals surface area (Å²) in [7, 11) is 0. The molecular formula is C16H18N4O2. The molecule has 2 aromatic rings. The molecule has 6 nitrogen and oxygen atoms in total. The van der Waals surface area contributed by atoms with Crippen molar-refractivity contribution in [3.8, 4) is 0 Å². The summed E-state index contributed by atoms with van der Waals surface area (Å²) in [6.07, 6.45) is 3.34. The summed E-state index contributed by atoms with van der Waals surface area (Å²) in [5.41, 5.74) is 7.92. The molecule has 22 heavy (non-hydrogen) atoms. The number of hydrogen-bond donors (Lipinski definition) is 3. The fourth-order valence-electron chi connectivity index (χ4n) is 2.06. The molecule has 0 saturated carbocycles. The van der Waals surface area contributed by atoms with Crippen molar-refractivity contribution in [1.29, 1.82) is 0 Å². The van der Waals surface area contributed by atoms with Crippen molar-refractivity contribution in [3.05, 3.63) is 59.4 Å². The van der Waals surface area contributed by atoms with Crippen molar-refractivity contribution in [2.75, 3.05) is 5.32 Å². The second-order valence-electron chi connectivity index (χ2n) is 4.99. The maximum absolute atomic E-state index is 12.0. The average Bonchev–Trinajstić information content (AvgIpc) is 2.49. The second kappa shape index (κ2) is 6.71. The smallest absolute Gasteiger partial charge is 0.319 e. The summed E-state index contributed by atoms with van der Waals surface area (Å²) in [5, 5.41) is 5.51. The number of rotatable bonds is 4. The van der Waals surface area contributed by atoms with Gasteiger partial charge in [-0.25, -0.2) is 4.79 Å². The lowest BCUT2D eigenvalue weighted by molar-refractivity contribution is 0.0999. The van der Waals surface area contributed by atoms with E-state index in [0.717, 1.165) is 11.1 Å². The van der Waals surface area contributed by atoms with Crippen molar-refractivity contribution in [2.45, 2.75) is 19.9 Å². The van der Waals surface area contributed by atoms with Gasteiger partial charge in [0.25, 0.3) is 0 Å². The number of carbonyl (C=O) groups excluding carboxylic acids is 2. The molecule has 0 saturated heterocycles. The molecule has 0 fully saturated rings. The van der Waals surface area contributed by atoms with Crippen LogP contribution in [0.3, 0.4) is 0 Å². The van der Waals surface area contributed by atoms with Crippen LogP contribution in [0.1, 0.15) is 34.5 Å². The molecule has 1 atom stereocenters. The van der Waals surface area contributed by atoms with Gasteiger partial charge in [0.05, 0.1) is 6.04 Å². The summed E-state index contributed by atoms with van der Waals surface area (Å²) in [6, 6.07) is 8.17. The summed E-state index contributed by atoms with van der Waals surface area (Å²) in [6.45, 7) is 3.66. The van der Waals surface area contributed by atoms with E-state index in [1.54, 1.807) is 37.5 Å². The van der Waals surface area contributed by atoms with Crippen LogP contribution < -0.4 is 16.4 Å². The molecule has 1 aromatic carbocycles. The van der Waals surface area contributed by atoms with Gasteiger partial charge in [-0.3, -0.25) is 9.78 Å². The van der Waals surface area contributed by atoms with Gasteiger partial charge in [0.1, 0.15) is 0 Å². The van der Waals surface area contributed by atoms with E-state index in [1.165, 1.54) is 0 Å². The van der Waals surface area contributed by atoms with Gasteiger partial charge in [-0.15, -0.1) is 0 Å². The summed E-state index contributed by atoms with van der Waals surface area (Å²) >= 11 is 0. The Bertz CT molecular complexity index is 686. The number of pyridine rings is 1. The molecule has 6 heteroatoms. The normalized spacial score (nSPS) is 11.5. The number of aryl methyl sites for hydroxylation is 1. The molecule has 0 aliphatic rings. The first-order valence-electron chi connectivity index (χ1n) is 6.85. The summed E-state index contributed by atoms with van der Waals surface area (Å²) in [5.74, 6) is -0.522. The van der Waals surface area contributed by atoms with Crippen LogP contribution in [-0.2, 0) is 0 Å². The number of carbonyl (C=O) groups is 2. The molecule has 1 unspecified atom stereocenters. The highest BCUT2D eigenvalue weighted by molar-refractivity contribution is 5.97. The maximum Gasteiger partial charge on any atom is 0.319 e. The molecule has 0 aliphatic heterocycles. The van der Waals surface area contributed by atoms with E-state index < -0.39 is 5.91 Å². The number of nitrogens with one attached hydrogen (secondary N) is 2. The standard InChI is InChI=1S/C16H18N4O2/c1-10-3-4-13(9-14(10)15(17)21)20-16(22)19-11(2)12-5-7-18-8-6-12/h3-9,11H,1-2H3,(H2,17,21)(H2,19,20,22). The molecule has 1 aromatic heterocycles. The van der Waals surface area contributed by atoms with Gasteiger partial charge in [0.15, 0.2) is 0 Å². The first kappa shape index (κ1) is 15.5. The van der Waals surface area contributed by atoms with Crippen LogP contribution in [0, 0.1) is 6.92 Å². The Balaban J connectivity index is 2.03. The molecule has 4 N–H and O–H groups in total. The van der Waals surface area contributed by atoms with Gasteiger partial charge >= 0.3 is 6.03 Å². The minimum Gasteiger partial charge on any atom is -0.366 e. The largest absolute Gasteiger partial charge is 0.366 e. The SMILES string of the molecule is Cc1ccc(NC(=O)NC(C)c2ccncc2)cc1C(N)=O. The number of urea groups is 1. The number of benzene rings is 1. The van der Waals surface area contributed by atoms with Crippen LogP contribution in [0.5, 0.6) is 0 Å². The minimum atomic E-state index is -0.522. The number of nitrogens with zero attached hydrogens (tertiary/aromatic N) is 1. The number of anilines is 1. The molecule has 0 radical (unpaired) electrons. The van der Waals surface area contributed by atoms with Gasteiger partial charge < -0.3 is 16.4 Å². The molecule has 0 bridgehead atoms. The predicted molar refractivity (Wildman–Crippen MR) is 84.5 cm³/mol. The van der Waals surface area contributed by atoms with E-state index in [1.807, 2.05) is 19.1 Å².